The molecule has 1 amide bonds. The van der Waals surface area contributed by atoms with E-state index >= 15 is 0 Å². The number of carbonyl (C=O) groups is 1. The Morgan fingerprint density at radius 1 is 0.857 bits per heavy atom. The van der Waals surface area contributed by atoms with Crippen LogP contribution < -0.4 is 19.3 Å². The van der Waals surface area contributed by atoms with Gasteiger partial charge in [0.05, 0.1) is 11.9 Å². The molecule has 3 rings (SSSR count). The van der Waals surface area contributed by atoms with Crippen molar-refractivity contribution in [3.05, 3.63) is 84.4 Å². The van der Waals surface area contributed by atoms with Crippen molar-refractivity contribution in [3.8, 4) is 11.5 Å². The Labute approximate surface area is 208 Å². The average molecular weight is 496 g/mol. The van der Waals surface area contributed by atoms with Crippen molar-refractivity contribution in [3.63, 3.8) is 0 Å². The summed E-state index contributed by atoms with van der Waals surface area (Å²) in [5.41, 5.74) is 2.45. The van der Waals surface area contributed by atoms with E-state index in [-0.39, 0.29) is 5.91 Å². The number of carbonyl (C=O) groups excluding carboxylic acids is 1. The molecule has 35 heavy (non-hydrogen) atoms. The van der Waals surface area contributed by atoms with Crippen LogP contribution in [0.2, 0.25) is 0 Å². The molecular formula is C27H33N3O4S. The molecule has 3 aromatic rings. The minimum Gasteiger partial charge on any atom is -0.457 e. The number of nitrogens with zero attached hydrogens (tertiary/aromatic N) is 2. The van der Waals surface area contributed by atoms with Crippen molar-refractivity contribution in [1.29, 1.82) is 0 Å². The lowest BCUT2D eigenvalue weighted by Crippen LogP contribution is -2.47. The maximum Gasteiger partial charge on any atom is 0.243 e. The predicted molar refractivity (Wildman–Crippen MR) is 142 cm³/mol. The van der Waals surface area contributed by atoms with Gasteiger partial charge in [0.1, 0.15) is 17.5 Å². The van der Waals surface area contributed by atoms with Crippen molar-refractivity contribution >= 4 is 27.3 Å². The van der Waals surface area contributed by atoms with Crippen LogP contribution in [0.15, 0.2) is 78.9 Å². The Balaban J connectivity index is 1.68. The van der Waals surface area contributed by atoms with E-state index in [1.807, 2.05) is 54.6 Å². The average Bonchev–Trinajstić information content (AvgIpc) is 2.85. The summed E-state index contributed by atoms with van der Waals surface area (Å²) < 4.78 is 32.1. The van der Waals surface area contributed by atoms with Gasteiger partial charge in [0.15, 0.2) is 0 Å². The summed E-state index contributed by atoms with van der Waals surface area (Å²) in [5, 5.41) is 2.86. The Bertz CT molecular complexity index is 1190. The summed E-state index contributed by atoms with van der Waals surface area (Å²) in [7, 11) is -3.71. The smallest absolute Gasteiger partial charge is 0.243 e. The molecule has 8 heteroatoms. The van der Waals surface area contributed by atoms with E-state index in [1.165, 1.54) is 0 Å². The summed E-state index contributed by atoms with van der Waals surface area (Å²) in [6.45, 7) is 7.94. The van der Waals surface area contributed by atoms with Gasteiger partial charge in [-0.2, -0.15) is 0 Å². The van der Waals surface area contributed by atoms with Gasteiger partial charge in [0.25, 0.3) is 0 Å². The standard InChI is InChI=1S/C27H33N3O4S/c1-5-29(6-2)23-14-12-22(13-15-23)20-28-27(31)21(3)30(35(4,32)33)24-16-18-26(19-17-24)34-25-10-8-7-9-11-25/h7-19,21H,5-6,20H2,1-4H3,(H,28,31). The molecule has 0 aliphatic carbocycles. The van der Waals surface area contributed by atoms with Gasteiger partial charge in [-0.15, -0.1) is 0 Å². The highest BCUT2D eigenvalue weighted by molar-refractivity contribution is 7.92. The molecule has 186 valence electrons. The molecule has 0 saturated carbocycles. The summed E-state index contributed by atoms with van der Waals surface area (Å²) in [6, 6.07) is 23.0. The Morgan fingerprint density at radius 2 is 1.40 bits per heavy atom. The molecule has 0 heterocycles. The first-order valence-corrected chi connectivity index (χ1v) is 13.5. The van der Waals surface area contributed by atoms with Gasteiger partial charge in [-0.3, -0.25) is 9.10 Å². The van der Waals surface area contributed by atoms with Gasteiger partial charge >= 0.3 is 0 Å². The first kappa shape index (κ1) is 26.1. The van der Waals surface area contributed by atoms with Gasteiger partial charge in [-0.05, 0) is 74.9 Å². The zero-order chi connectivity index (χ0) is 25.4. The lowest BCUT2D eigenvalue weighted by molar-refractivity contribution is -0.122. The van der Waals surface area contributed by atoms with Crippen LogP contribution >= 0.6 is 0 Å². The quantitative estimate of drug-likeness (QED) is 0.414. The van der Waals surface area contributed by atoms with Crippen LogP contribution in [-0.2, 0) is 21.4 Å². The summed E-state index contributed by atoms with van der Waals surface area (Å²) in [5.74, 6) is 0.865. The van der Waals surface area contributed by atoms with Crippen LogP contribution in [0.4, 0.5) is 11.4 Å². The Kier molecular flexibility index (Phi) is 8.76. The highest BCUT2D eigenvalue weighted by atomic mass is 32.2. The molecule has 3 aromatic carbocycles. The SMILES string of the molecule is CCN(CC)c1ccc(CNC(=O)C(C)N(c2ccc(Oc3ccccc3)cc2)S(C)(=O)=O)cc1. The number of rotatable bonds is 11. The zero-order valence-electron chi connectivity index (χ0n) is 20.6. The summed E-state index contributed by atoms with van der Waals surface area (Å²) in [4.78, 5) is 15.1. The van der Waals surface area contributed by atoms with Crippen LogP contribution in [0.25, 0.3) is 0 Å². The molecule has 7 nitrogen and oxygen atoms in total. The fraction of sp³-hybridized carbons (Fsp3) is 0.296. The zero-order valence-corrected chi connectivity index (χ0v) is 21.5. The van der Waals surface area contributed by atoms with E-state index in [2.05, 4.69) is 24.1 Å². The number of hydrogen-bond acceptors (Lipinski definition) is 5. The number of hydrogen-bond donors (Lipinski definition) is 1. The van der Waals surface area contributed by atoms with Crippen molar-refractivity contribution in [2.75, 3.05) is 28.6 Å². The minimum atomic E-state index is -3.71. The molecule has 0 radical (unpaired) electrons. The third-order valence-electron chi connectivity index (χ3n) is 5.69. The predicted octanol–water partition coefficient (Wildman–Crippen LogP) is 4.80. The molecular weight excluding hydrogens is 462 g/mol. The van der Waals surface area contributed by atoms with Crippen LogP contribution in [0.5, 0.6) is 11.5 Å². The van der Waals surface area contributed by atoms with E-state index < -0.39 is 16.1 Å². The van der Waals surface area contributed by atoms with Gasteiger partial charge in [-0.25, -0.2) is 8.42 Å². The van der Waals surface area contributed by atoms with Gasteiger partial charge in [0.2, 0.25) is 15.9 Å². The van der Waals surface area contributed by atoms with E-state index in [4.69, 9.17) is 4.74 Å². The molecule has 0 spiro atoms. The molecule has 0 aromatic heterocycles. The highest BCUT2D eigenvalue weighted by Gasteiger charge is 2.29. The lowest BCUT2D eigenvalue weighted by Gasteiger charge is -2.28. The number of benzene rings is 3. The monoisotopic (exact) mass is 495 g/mol. The van der Waals surface area contributed by atoms with Crippen LogP contribution in [0.1, 0.15) is 26.3 Å². The maximum atomic E-state index is 12.9. The second kappa shape index (κ2) is 11.8. The molecule has 1 atom stereocenters. The number of ether oxygens (including phenoxy) is 1. The molecule has 1 N–H and O–H groups in total. The lowest BCUT2D eigenvalue weighted by atomic mass is 10.2. The third kappa shape index (κ3) is 6.99. The van der Waals surface area contributed by atoms with E-state index in [1.54, 1.807) is 31.2 Å². The topological polar surface area (TPSA) is 79.0 Å². The van der Waals surface area contributed by atoms with Crippen LogP contribution in [0.3, 0.4) is 0 Å². The Morgan fingerprint density at radius 3 is 1.94 bits per heavy atom. The fourth-order valence-corrected chi connectivity index (χ4v) is 5.02. The van der Waals surface area contributed by atoms with Crippen molar-refractivity contribution in [2.24, 2.45) is 0 Å². The van der Waals surface area contributed by atoms with Crippen LogP contribution in [0, 0.1) is 0 Å². The normalized spacial score (nSPS) is 12.0. The molecule has 0 bridgehead atoms. The number of para-hydroxylation sites is 1. The maximum absolute atomic E-state index is 12.9. The molecule has 0 aliphatic heterocycles. The molecule has 0 saturated heterocycles. The molecule has 1 unspecified atom stereocenters. The largest absolute Gasteiger partial charge is 0.457 e. The minimum absolute atomic E-state index is 0.309. The van der Waals surface area contributed by atoms with E-state index in [0.29, 0.717) is 23.7 Å². The van der Waals surface area contributed by atoms with Crippen molar-refractivity contribution in [2.45, 2.75) is 33.4 Å². The van der Waals surface area contributed by atoms with Gasteiger partial charge in [0, 0.05) is 25.3 Å². The first-order chi connectivity index (χ1) is 16.7. The Hall–Kier alpha value is -3.52. The van der Waals surface area contributed by atoms with Gasteiger partial charge in [-0.1, -0.05) is 30.3 Å². The third-order valence-corrected chi connectivity index (χ3v) is 6.93. The first-order valence-electron chi connectivity index (χ1n) is 11.7. The number of sulfonamides is 1. The van der Waals surface area contributed by atoms with Crippen molar-refractivity contribution in [1.82, 2.24) is 5.32 Å². The molecule has 0 fully saturated rings. The van der Waals surface area contributed by atoms with E-state index in [9.17, 15) is 13.2 Å². The number of anilines is 2. The summed E-state index contributed by atoms with van der Waals surface area (Å²) >= 11 is 0. The number of amides is 1. The fourth-order valence-electron chi connectivity index (χ4n) is 3.84. The van der Waals surface area contributed by atoms with Crippen LogP contribution in [-0.4, -0.2) is 39.7 Å². The second-order valence-electron chi connectivity index (χ2n) is 8.20. The number of nitrogens with one attached hydrogen (secondary N) is 1. The second-order valence-corrected chi connectivity index (χ2v) is 10.1. The summed E-state index contributed by atoms with van der Waals surface area (Å²) in [6.07, 6.45) is 1.09. The molecule has 0 aliphatic rings. The van der Waals surface area contributed by atoms with Crippen molar-refractivity contribution < 1.29 is 17.9 Å². The van der Waals surface area contributed by atoms with E-state index in [0.717, 1.165) is 34.9 Å². The van der Waals surface area contributed by atoms with Gasteiger partial charge < -0.3 is 15.0 Å². The highest BCUT2D eigenvalue weighted by Crippen LogP contribution is 2.27.